The number of nitrogen functional groups attached to an aromatic ring is 1. The normalized spacial score (nSPS) is 14.0. The first-order valence-corrected chi connectivity index (χ1v) is 3.93. The molecule has 0 radical (unpaired) electrons. The SMILES string of the molecule is NNc1cc2c(cc1F)OCC(=O)N2. The van der Waals surface area contributed by atoms with E-state index in [1.165, 1.54) is 12.1 Å². The van der Waals surface area contributed by atoms with Crippen LogP contribution in [-0.2, 0) is 4.79 Å². The van der Waals surface area contributed by atoms with Crippen LogP contribution in [0.2, 0.25) is 0 Å². The van der Waals surface area contributed by atoms with Gasteiger partial charge in [0.15, 0.2) is 12.4 Å². The highest BCUT2D eigenvalue weighted by atomic mass is 19.1. The molecule has 2 rings (SSSR count). The van der Waals surface area contributed by atoms with Gasteiger partial charge in [-0.3, -0.25) is 10.6 Å². The van der Waals surface area contributed by atoms with Gasteiger partial charge in [-0.05, 0) is 6.07 Å². The number of rotatable bonds is 1. The zero-order valence-corrected chi connectivity index (χ0v) is 7.13. The second kappa shape index (κ2) is 3.15. The van der Waals surface area contributed by atoms with E-state index in [9.17, 15) is 9.18 Å². The summed E-state index contributed by atoms with van der Waals surface area (Å²) in [6.45, 7) is -0.0954. The quantitative estimate of drug-likeness (QED) is 0.451. The smallest absolute Gasteiger partial charge is 0.262 e. The number of nitrogens with two attached hydrogens (primary N) is 1. The fourth-order valence-corrected chi connectivity index (χ4v) is 1.21. The highest BCUT2D eigenvalue weighted by Gasteiger charge is 2.18. The van der Waals surface area contributed by atoms with E-state index in [1.54, 1.807) is 0 Å². The van der Waals surface area contributed by atoms with Crippen LogP contribution in [0.25, 0.3) is 0 Å². The molecule has 0 fully saturated rings. The van der Waals surface area contributed by atoms with Gasteiger partial charge >= 0.3 is 0 Å². The molecule has 0 saturated carbocycles. The molecule has 1 aromatic rings. The van der Waals surface area contributed by atoms with E-state index in [0.29, 0.717) is 11.4 Å². The number of fused-ring (bicyclic) bond motifs is 1. The third-order valence-electron chi connectivity index (χ3n) is 1.86. The number of hydrazine groups is 1. The molecule has 0 aromatic heterocycles. The topological polar surface area (TPSA) is 76.4 Å². The molecule has 1 aliphatic rings. The van der Waals surface area contributed by atoms with E-state index in [0.717, 1.165) is 0 Å². The summed E-state index contributed by atoms with van der Waals surface area (Å²) >= 11 is 0. The molecule has 0 unspecified atom stereocenters. The fourth-order valence-electron chi connectivity index (χ4n) is 1.21. The number of ether oxygens (including phenoxy) is 1. The van der Waals surface area contributed by atoms with E-state index in [2.05, 4.69) is 10.7 Å². The lowest BCUT2D eigenvalue weighted by Crippen LogP contribution is -2.25. The van der Waals surface area contributed by atoms with Crippen LogP contribution in [0.1, 0.15) is 0 Å². The molecule has 0 atom stereocenters. The molecule has 0 aliphatic carbocycles. The molecular weight excluding hydrogens is 189 g/mol. The molecule has 1 aromatic carbocycles. The Balaban J connectivity index is 2.46. The van der Waals surface area contributed by atoms with Gasteiger partial charge in [-0.15, -0.1) is 0 Å². The zero-order valence-electron chi connectivity index (χ0n) is 7.13. The van der Waals surface area contributed by atoms with Gasteiger partial charge in [0.1, 0.15) is 5.75 Å². The van der Waals surface area contributed by atoms with Gasteiger partial charge in [0.2, 0.25) is 0 Å². The lowest BCUT2D eigenvalue weighted by molar-refractivity contribution is -0.118. The summed E-state index contributed by atoms with van der Waals surface area (Å²) in [6.07, 6.45) is 0. The molecule has 5 nitrogen and oxygen atoms in total. The average Bonchev–Trinajstić information content (AvgIpc) is 2.17. The van der Waals surface area contributed by atoms with Gasteiger partial charge < -0.3 is 15.5 Å². The van der Waals surface area contributed by atoms with Gasteiger partial charge in [-0.25, -0.2) is 4.39 Å². The number of hydrogen-bond acceptors (Lipinski definition) is 4. The number of hydrogen-bond donors (Lipinski definition) is 3. The van der Waals surface area contributed by atoms with Crippen LogP contribution in [0.5, 0.6) is 5.75 Å². The largest absolute Gasteiger partial charge is 0.481 e. The van der Waals surface area contributed by atoms with Crippen LogP contribution in [-0.4, -0.2) is 12.5 Å². The first kappa shape index (κ1) is 8.76. The molecule has 1 aliphatic heterocycles. The van der Waals surface area contributed by atoms with E-state index in [-0.39, 0.29) is 18.2 Å². The predicted octanol–water partition coefficient (Wildman–Crippen LogP) is 0.442. The Morgan fingerprint density at radius 2 is 2.36 bits per heavy atom. The van der Waals surface area contributed by atoms with Crippen molar-refractivity contribution < 1.29 is 13.9 Å². The Kier molecular flexibility index (Phi) is 1.97. The molecular formula is C8H8FN3O2. The van der Waals surface area contributed by atoms with Gasteiger partial charge in [0, 0.05) is 6.07 Å². The van der Waals surface area contributed by atoms with E-state index in [4.69, 9.17) is 10.6 Å². The monoisotopic (exact) mass is 197 g/mol. The van der Waals surface area contributed by atoms with Crippen LogP contribution >= 0.6 is 0 Å². The number of amides is 1. The van der Waals surface area contributed by atoms with Gasteiger partial charge in [0.05, 0.1) is 11.4 Å². The van der Waals surface area contributed by atoms with Crippen molar-refractivity contribution in [2.45, 2.75) is 0 Å². The second-order valence-corrected chi connectivity index (χ2v) is 2.81. The lowest BCUT2D eigenvalue weighted by Gasteiger charge is -2.18. The van der Waals surface area contributed by atoms with E-state index in [1.807, 2.05) is 0 Å². The maximum atomic E-state index is 13.1. The van der Waals surface area contributed by atoms with Crippen molar-refractivity contribution in [2.75, 3.05) is 17.3 Å². The summed E-state index contributed by atoms with van der Waals surface area (Å²) < 4.78 is 18.1. The van der Waals surface area contributed by atoms with Crippen LogP contribution in [0.3, 0.4) is 0 Å². The Morgan fingerprint density at radius 3 is 3.07 bits per heavy atom. The van der Waals surface area contributed by atoms with Gasteiger partial charge in [0.25, 0.3) is 5.91 Å². The number of carbonyl (C=O) groups excluding carboxylic acids is 1. The Morgan fingerprint density at radius 1 is 1.57 bits per heavy atom. The fraction of sp³-hybridized carbons (Fsp3) is 0.125. The predicted molar refractivity (Wildman–Crippen MR) is 48.3 cm³/mol. The second-order valence-electron chi connectivity index (χ2n) is 2.81. The molecule has 4 N–H and O–H groups in total. The van der Waals surface area contributed by atoms with Gasteiger partial charge in [-0.1, -0.05) is 0 Å². The zero-order chi connectivity index (χ0) is 10.1. The number of anilines is 2. The number of benzene rings is 1. The van der Waals surface area contributed by atoms with Crippen molar-refractivity contribution in [3.05, 3.63) is 17.9 Å². The molecule has 14 heavy (non-hydrogen) atoms. The van der Waals surface area contributed by atoms with Crippen molar-refractivity contribution in [3.63, 3.8) is 0 Å². The first-order chi connectivity index (χ1) is 6.70. The number of carbonyl (C=O) groups is 1. The molecule has 1 heterocycles. The third-order valence-corrected chi connectivity index (χ3v) is 1.86. The Bertz CT molecular complexity index is 394. The van der Waals surface area contributed by atoms with Crippen LogP contribution in [0.15, 0.2) is 12.1 Å². The van der Waals surface area contributed by atoms with Crippen molar-refractivity contribution in [3.8, 4) is 5.75 Å². The van der Waals surface area contributed by atoms with E-state index >= 15 is 0 Å². The lowest BCUT2D eigenvalue weighted by atomic mass is 10.2. The average molecular weight is 197 g/mol. The molecule has 0 saturated heterocycles. The maximum absolute atomic E-state index is 13.1. The third kappa shape index (κ3) is 1.35. The van der Waals surface area contributed by atoms with E-state index < -0.39 is 5.82 Å². The summed E-state index contributed by atoms with van der Waals surface area (Å²) in [6, 6.07) is 2.55. The molecule has 74 valence electrons. The first-order valence-electron chi connectivity index (χ1n) is 3.93. The van der Waals surface area contributed by atoms with Crippen LogP contribution in [0.4, 0.5) is 15.8 Å². The summed E-state index contributed by atoms with van der Waals surface area (Å²) in [4.78, 5) is 10.9. The Labute approximate surface area is 79.0 Å². The maximum Gasteiger partial charge on any atom is 0.262 e. The standard InChI is InChI=1S/C8H8FN3O2/c9-4-1-7-6(2-5(4)12-10)11-8(13)3-14-7/h1-2,12H,3,10H2,(H,11,13). The molecule has 0 bridgehead atoms. The molecule has 0 spiro atoms. The van der Waals surface area contributed by atoms with Gasteiger partial charge in [-0.2, -0.15) is 0 Å². The number of halogens is 1. The minimum absolute atomic E-state index is 0.0954. The van der Waals surface area contributed by atoms with Crippen molar-refractivity contribution in [1.82, 2.24) is 0 Å². The van der Waals surface area contributed by atoms with Crippen LogP contribution in [0, 0.1) is 5.82 Å². The van der Waals surface area contributed by atoms with Crippen molar-refractivity contribution in [1.29, 1.82) is 0 Å². The molecule has 6 heteroatoms. The summed E-state index contributed by atoms with van der Waals surface area (Å²) in [7, 11) is 0. The van der Waals surface area contributed by atoms with Crippen molar-refractivity contribution >= 4 is 17.3 Å². The van der Waals surface area contributed by atoms with Crippen molar-refractivity contribution in [2.24, 2.45) is 5.84 Å². The Hall–Kier alpha value is -1.82. The van der Waals surface area contributed by atoms with Crippen LogP contribution < -0.4 is 21.3 Å². The number of nitrogens with one attached hydrogen (secondary N) is 2. The summed E-state index contributed by atoms with van der Waals surface area (Å²) in [5.74, 6) is 4.58. The minimum Gasteiger partial charge on any atom is -0.481 e. The summed E-state index contributed by atoms with van der Waals surface area (Å²) in [5.41, 5.74) is 2.70. The highest BCUT2D eigenvalue weighted by molar-refractivity contribution is 5.96. The minimum atomic E-state index is -0.526. The summed E-state index contributed by atoms with van der Waals surface area (Å²) in [5, 5.41) is 2.54. The molecule has 1 amide bonds. The highest BCUT2D eigenvalue weighted by Crippen LogP contribution is 2.32.